The lowest BCUT2D eigenvalue weighted by molar-refractivity contribution is -0.123. The van der Waals surface area contributed by atoms with Gasteiger partial charge in [-0.05, 0) is 57.2 Å². The van der Waals surface area contributed by atoms with Crippen LogP contribution in [0.3, 0.4) is 0 Å². The van der Waals surface area contributed by atoms with Crippen LogP contribution < -0.4 is 5.32 Å². The number of aryl methyl sites for hydroxylation is 2. The average molecular weight is 389 g/mol. The smallest absolute Gasteiger partial charge is 0.340 e. The van der Waals surface area contributed by atoms with Gasteiger partial charge in [-0.25, -0.2) is 14.5 Å². The molecule has 0 bridgehead atoms. The van der Waals surface area contributed by atoms with Crippen molar-refractivity contribution in [3.8, 4) is 11.9 Å². The van der Waals surface area contributed by atoms with Gasteiger partial charge in [-0.2, -0.15) is 10.4 Å². The third-order valence-electron chi connectivity index (χ3n) is 4.12. The van der Waals surface area contributed by atoms with E-state index in [2.05, 4.69) is 15.4 Å². The molecular weight excluding hydrogens is 370 g/mol. The minimum absolute atomic E-state index is 0.224. The number of esters is 1. The zero-order valence-corrected chi connectivity index (χ0v) is 16.2. The Bertz CT molecular complexity index is 1100. The highest BCUT2D eigenvalue weighted by Crippen LogP contribution is 2.13. The summed E-state index contributed by atoms with van der Waals surface area (Å²) in [4.78, 5) is 28.8. The van der Waals surface area contributed by atoms with E-state index in [1.165, 1.54) is 19.2 Å². The number of nitrogens with zero attached hydrogens (tertiary/aromatic N) is 4. The molecule has 0 saturated heterocycles. The summed E-state index contributed by atoms with van der Waals surface area (Å²) in [5.74, 6) is -0.582. The Hall–Kier alpha value is -3.99. The largest absolute Gasteiger partial charge is 0.449 e. The molecule has 8 nitrogen and oxygen atoms in total. The second-order valence-corrected chi connectivity index (χ2v) is 6.47. The Balaban J connectivity index is 1.63. The SMILES string of the molecule is Cc1cc(C)n(-c2ccc(C(=O)OC(C)C(=O)Nc3cccc(C#N)c3)cn2)n1. The molecule has 0 spiro atoms. The molecule has 2 heterocycles. The minimum atomic E-state index is -1.02. The lowest BCUT2D eigenvalue weighted by Crippen LogP contribution is -2.30. The Morgan fingerprint density at radius 1 is 1.21 bits per heavy atom. The van der Waals surface area contributed by atoms with E-state index in [9.17, 15) is 9.59 Å². The highest BCUT2D eigenvalue weighted by Gasteiger charge is 2.19. The van der Waals surface area contributed by atoms with Crippen molar-refractivity contribution in [1.29, 1.82) is 5.26 Å². The number of hydrogen-bond acceptors (Lipinski definition) is 6. The molecule has 3 rings (SSSR count). The maximum atomic E-state index is 12.3. The van der Waals surface area contributed by atoms with Gasteiger partial charge in [-0.3, -0.25) is 4.79 Å². The first-order valence-corrected chi connectivity index (χ1v) is 8.89. The van der Waals surface area contributed by atoms with Crippen molar-refractivity contribution in [3.05, 3.63) is 71.2 Å². The fourth-order valence-corrected chi connectivity index (χ4v) is 2.69. The van der Waals surface area contributed by atoms with Crippen molar-refractivity contribution in [2.45, 2.75) is 26.9 Å². The predicted molar refractivity (Wildman–Crippen MR) is 105 cm³/mol. The molecule has 8 heteroatoms. The summed E-state index contributed by atoms with van der Waals surface area (Å²) in [5.41, 5.74) is 2.89. The molecule has 0 fully saturated rings. The third-order valence-corrected chi connectivity index (χ3v) is 4.12. The Kier molecular flexibility index (Phi) is 5.69. The van der Waals surface area contributed by atoms with Crippen LogP contribution in [0.1, 0.15) is 34.2 Å². The van der Waals surface area contributed by atoms with Crippen molar-refractivity contribution < 1.29 is 14.3 Å². The summed E-state index contributed by atoms with van der Waals surface area (Å²) in [7, 11) is 0. The molecule has 1 amide bonds. The molecule has 0 aliphatic rings. The highest BCUT2D eigenvalue weighted by atomic mass is 16.5. The molecule has 3 aromatic rings. The third kappa shape index (κ3) is 4.65. The second-order valence-electron chi connectivity index (χ2n) is 6.47. The lowest BCUT2D eigenvalue weighted by Gasteiger charge is -2.14. The van der Waals surface area contributed by atoms with Gasteiger partial charge in [0.25, 0.3) is 5.91 Å². The normalized spacial score (nSPS) is 11.4. The summed E-state index contributed by atoms with van der Waals surface area (Å²) >= 11 is 0. The number of benzene rings is 1. The van der Waals surface area contributed by atoms with Gasteiger partial charge in [0.15, 0.2) is 11.9 Å². The Labute approximate surface area is 167 Å². The van der Waals surface area contributed by atoms with E-state index >= 15 is 0 Å². The van der Waals surface area contributed by atoms with Crippen LogP contribution in [-0.2, 0) is 9.53 Å². The number of amides is 1. The van der Waals surface area contributed by atoms with E-state index < -0.39 is 18.0 Å². The van der Waals surface area contributed by atoms with E-state index in [0.717, 1.165) is 11.4 Å². The van der Waals surface area contributed by atoms with Crippen LogP contribution in [0, 0.1) is 25.2 Å². The highest BCUT2D eigenvalue weighted by molar-refractivity contribution is 5.97. The van der Waals surface area contributed by atoms with E-state index in [1.54, 1.807) is 35.0 Å². The quantitative estimate of drug-likeness (QED) is 0.672. The van der Waals surface area contributed by atoms with Crippen molar-refractivity contribution >= 4 is 17.6 Å². The summed E-state index contributed by atoms with van der Waals surface area (Å²) < 4.78 is 6.90. The Morgan fingerprint density at radius 2 is 2.00 bits per heavy atom. The number of pyridine rings is 1. The van der Waals surface area contributed by atoms with Crippen LogP contribution in [0.5, 0.6) is 0 Å². The first-order chi connectivity index (χ1) is 13.9. The van der Waals surface area contributed by atoms with E-state index in [0.29, 0.717) is 17.1 Å². The predicted octanol–water partition coefficient (Wildman–Crippen LogP) is 2.94. The maximum Gasteiger partial charge on any atom is 0.340 e. The zero-order chi connectivity index (χ0) is 21.0. The van der Waals surface area contributed by atoms with Gasteiger partial charge in [-0.1, -0.05) is 6.07 Å². The topological polar surface area (TPSA) is 110 Å². The standard InChI is InChI=1S/C21H19N5O3/c1-13-9-14(2)26(25-13)19-8-7-17(12-23-19)21(28)29-15(3)20(27)24-18-6-4-5-16(10-18)11-22/h4-10,12,15H,1-3H3,(H,24,27). The maximum absolute atomic E-state index is 12.3. The van der Waals surface area contributed by atoms with Gasteiger partial charge in [0, 0.05) is 17.6 Å². The molecule has 0 aliphatic heterocycles. The van der Waals surface area contributed by atoms with Crippen molar-refractivity contribution in [1.82, 2.24) is 14.8 Å². The van der Waals surface area contributed by atoms with Crippen LogP contribution in [0.15, 0.2) is 48.7 Å². The molecule has 2 aromatic heterocycles. The van der Waals surface area contributed by atoms with Gasteiger partial charge >= 0.3 is 5.97 Å². The van der Waals surface area contributed by atoms with Crippen LogP contribution in [0.2, 0.25) is 0 Å². The number of carbonyl (C=O) groups is 2. The van der Waals surface area contributed by atoms with Gasteiger partial charge < -0.3 is 10.1 Å². The molecule has 29 heavy (non-hydrogen) atoms. The number of nitrogens with one attached hydrogen (secondary N) is 1. The van der Waals surface area contributed by atoms with Crippen LogP contribution >= 0.6 is 0 Å². The number of hydrogen-bond donors (Lipinski definition) is 1. The molecule has 146 valence electrons. The number of rotatable bonds is 5. The van der Waals surface area contributed by atoms with Crippen LogP contribution in [-0.4, -0.2) is 32.7 Å². The van der Waals surface area contributed by atoms with Gasteiger partial charge in [0.1, 0.15) is 0 Å². The van der Waals surface area contributed by atoms with Crippen molar-refractivity contribution in [2.75, 3.05) is 5.32 Å². The summed E-state index contributed by atoms with van der Waals surface area (Å²) in [5, 5.41) is 15.9. The second kappa shape index (κ2) is 8.35. The molecule has 1 unspecified atom stereocenters. The summed E-state index contributed by atoms with van der Waals surface area (Å²) in [6.45, 7) is 5.27. The molecule has 0 saturated carbocycles. The number of aromatic nitrogens is 3. The van der Waals surface area contributed by atoms with Gasteiger partial charge in [-0.15, -0.1) is 0 Å². The van der Waals surface area contributed by atoms with Gasteiger partial charge in [0.05, 0.1) is 22.9 Å². The molecule has 0 aliphatic carbocycles. The van der Waals surface area contributed by atoms with Crippen LogP contribution in [0.4, 0.5) is 5.69 Å². The molecule has 1 N–H and O–H groups in total. The molecule has 1 atom stereocenters. The fourth-order valence-electron chi connectivity index (χ4n) is 2.69. The monoisotopic (exact) mass is 389 g/mol. The van der Waals surface area contributed by atoms with Crippen molar-refractivity contribution in [3.63, 3.8) is 0 Å². The lowest BCUT2D eigenvalue weighted by atomic mass is 10.2. The first-order valence-electron chi connectivity index (χ1n) is 8.89. The summed E-state index contributed by atoms with van der Waals surface area (Å²) in [6, 6.07) is 13.6. The first kappa shape index (κ1) is 19.8. The fraction of sp³-hybridized carbons (Fsp3) is 0.190. The van der Waals surface area contributed by atoms with Gasteiger partial charge in [0.2, 0.25) is 0 Å². The van der Waals surface area contributed by atoms with Crippen LogP contribution in [0.25, 0.3) is 5.82 Å². The van der Waals surface area contributed by atoms with E-state index in [1.807, 2.05) is 26.0 Å². The van der Waals surface area contributed by atoms with E-state index in [-0.39, 0.29) is 5.56 Å². The molecular formula is C21H19N5O3. The average Bonchev–Trinajstić information content (AvgIpc) is 3.06. The zero-order valence-electron chi connectivity index (χ0n) is 16.2. The number of carbonyl (C=O) groups excluding carboxylic acids is 2. The molecule has 1 aromatic carbocycles. The number of anilines is 1. The van der Waals surface area contributed by atoms with E-state index in [4.69, 9.17) is 10.00 Å². The summed E-state index contributed by atoms with van der Waals surface area (Å²) in [6.07, 6.45) is 0.360. The molecule has 0 radical (unpaired) electrons. The number of nitriles is 1. The van der Waals surface area contributed by atoms with Crippen molar-refractivity contribution in [2.24, 2.45) is 0 Å². The minimum Gasteiger partial charge on any atom is -0.449 e. The Morgan fingerprint density at radius 3 is 2.62 bits per heavy atom. The number of ether oxygens (including phenoxy) is 1.